The van der Waals surface area contributed by atoms with Crippen molar-refractivity contribution in [3.63, 3.8) is 0 Å². The normalized spacial score (nSPS) is 26.5. The highest BCUT2D eigenvalue weighted by Crippen LogP contribution is 2.33. The van der Waals surface area contributed by atoms with E-state index in [1.165, 1.54) is 5.56 Å². The van der Waals surface area contributed by atoms with Gasteiger partial charge in [0.15, 0.2) is 0 Å². The molecular formula is C17H24N2O3. The van der Waals surface area contributed by atoms with E-state index in [0.717, 1.165) is 38.5 Å². The van der Waals surface area contributed by atoms with Gasteiger partial charge in [0.2, 0.25) is 5.91 Å². The first-order chi connectivity index (χ1) is 10.6. The zero-order valence-electron chi connectivity index (χ0n) is 13.4. The van der Waals surface area contributed by atoms with Gasteiger partial charge in [-0.25, -0.2) is 0 Å². The first-order valence-corrected chi connectivity index (χ1v) is 7.77. The molecule has 22 heavy (non-hydrogen) atoms. The number of hydrogen-bond donors (Lipinski definition) is 0. The summed E-state index contributed by atoms with van der Waals surface area (Å²) in [5.41, 5.74) is 1.21. The standard InChI is InChI=1S/C17H24N2O3/c1-18-11-17(9-16(18)20)12-19(7-8-22-13-17)10-14-3-5-15(21-2)6-4-14/h3-6H,7-13H2,1-2H3/t17-/m0/s1. The van der Waals surface area contributed by atoms with Gasteiger partial charge in [0.1, 0.15) is 5.75 Å². The van der Waals surface area contributed by atoms with Gasteiger partial charge in [-0.05, 0) is 17.7 Å². The lowest BCUT2D eigenvalue weighted by Crippen LogP contribution is -2.40. The summed E-state index contributed by atoms with van der Waals surface area (Å²) in [6.45, 7) is 4.91. The van der Waals surface area contributed by atoms with Crippen molar-refractivity contribution in [2.75, 3.05) is 47.0 Å². The van der Waals surface area contributed by atoms with Gasteiger partial charge >= 0.3 is 0 Å². The molecular weight excluding hydrogens is 280 g/mol. The summed E-state index contributed by atoms with van der Waals surface area (Å²) in [4.78, 5) is 16.2. The Hall–Kier alpha value is -1.59. The van der Waals surface area contributed by atoms with E-state index in [4.69, 9.17) is 9.47 Å². The minimum Gasteiger partial charge on any atom is -0.497 e. The van der Waals surface area contributed by atoms with Crippen LogP contribution in [0.4, 0.5) is 0 Å². The third kappa shape index (κ3) is 3.25. The van der Waals surface area contributed by atoms with Crippen molar-refractivity contribution in [3.8, 4) is 5.75 Å². The molecule has 2 fully saturated rings. The Balaban J connectivity index is 1.69. The van der Waals surface area contributed by atoms with Crippen LogP contribution in [-0.2, 0) is 16.1 Å². The molecule has 2 heterocycles. The maximum atomic E-state index is 11.9. The van der Waals surface area contributed by atoms with Crippen LogP contribution in [0.25, 0.3) is 0 Å². The maximum Gasteiger partial charge on any atom is 0.223 e. The lowest BCUT2D eigenvalue weighted by Gasteiger charge is -2.30. The van der Waals surface area contributed by atoms with Crippen molar-refractivity contribution in [2.45, 2.75) is 13.0 Å². The Morgan fingerprint density at radius 3 is 2.68 bits per heavy atom. The lowest BCUT2D eigenvalue weighted by molar-refractivity contribution is -0.126. The zero-order valence-corrected chi connectivity index (χ0v) is 13.4. The summed E-state index contributed by atoms with van der Waals surface area (Å²) in [7, 11) is 3.56. The molecule has 3 rings (SSSR count). The summed E-state index contributed by atoms with van der Waals surface area (Å²) in [6, 6.07) is 8.19. The zero-order chi connectivity index (χ0) is 15.6. The number of rotatable bonds is 3. The van der Waals surface area contributed by atoms with Crippen molar-refractivity contribution >= 4 is 5.91 Å². The topological polar surface area (TPSA) is 42.0 Å². The van der Waals surface area contributed by atoms with Crippen LogP contribution in [0, 0.1) is 5.41 Å². The van der Waals surface area contributed by atoms with E-state index in [9.17, 15) is 4.79 Å². The number of carbonyl (C=O) groups excluding carboxylic acids is 1. The molecule has 0 unspecified atom stereocenters. The number of carbonyl (C=O) groups is 1. The number of hydrogen-bond acceptors (Lipinski definition) is 4. The molecule has 1 amide bonds. The van der Waals surface area contributed by atoms with Crippen molar-refractivity contribution in [3.05, 3.63) is 29.8 Å². The lowest BCUT2D eigenvalue weighted by atomic mass is 9.87. The highest BCUT2D eigenvalue weighted by molar-refractivity contribution is 5.79. The number of ether oxygens (including phenoxy) is 2. The summed E-state index contributed by atoms with van der Waals surface area (Å²) >= 11 is 0. The highest BCUT2D eigenvalue weighted by Gasteiger charge is 2.44. The number of amides is 1. The van der Waals surface area contributed by atoms with E-state index < -0.39 is 0 Å². The predicted molar refractivity (Wildman–Crippen MR) is 83.8 cm³/mol. The monoisotopic (exact) mass is 304 g/mol. The van der Waals surface area contributed by atoms with Crippen LogP contribution < -0.4 is 4.74 Å². The molecule has 1 spiro atoms. The Kier molecular flexibility index (Phi) is 4.36. The van der Waals surface area contributed by atoms with Crippen LogP contribution in [-0.4, -0.2) is 62.7 Å². The summed E-state index contributed by atoms with van der Waals surface area (Å²) in [5, 5.41) is 0. The van der Waals surface area contributed by atoms with Gasteiger partial charge in [-0.2, -0.15) is 0 Å². The molecule has 5 heteroatoms. The molecule has 0 radical (unpaired) electrons. The SMILES string of the molecule is COc1ccc(CN2CCOC[C@]3(CC(=O)N(C)C3)C2)cc1. The number of methoxy groups -OCH3 is 1. The van der Waals surface area contributed by atoms with Gasteiger partial charge < -0.3 is 14.4 Å². The Bertz CT molecular complexity index is 531. The smallest absolute Gasteiger partial charge is 0.223 e. The summed E-state index contributed by atoms with van der Waals surface area (Å²) < 4.78 is 11.0. The predicted octanol–water partition coefficient (Wildman–Crippen LogP) is 1.38. The van der Waals surface area contributed by atoms with Crippen molar-refractivity contribution < 1.29 is 14.3 Å². The minimum absolute atomic E-state index is 0.0468. The van der Waals surface area contributed by atoms with E-state index in [1.54, 1.807) is 7.11 Å². The molecule has 2 aliphatic rings. The second-order valence-corrected chi connectivity index (χ2v) is 6.54. The van der Waals surface area contributed by atoms with Crippen LogP contribution in [0.3, 0.4) is 0 Å². The van der Waals surface area contributed by atoms with Gasteiger partial charge in [-0.15, -0.1) is 0 Å². The highest BCUT2D eigenvalue weighted by atomic mass is 16.5. The van der Waals surface area contributed by atoms with Crippen LogP contribution in [0.5, 0.6) is 5.75 Å². The summed E-state index contributed by atoms with van der Waals surface area (Å²) in [5.74, 6) is 1.11. The fraction of sp³-hybridized carbons (Fsp3) is 0.588. The second kappa shape index (κ2) is 6.26. The van der Waals surface area contributed by atoms with Crippen molar-refractivity contribution in [2.24, 2.45) is 5.41 Å². The molecule has 1 atom stereocenters. The number of benzene rings is 1. The fourth-order valence-electron chi connectivity index (χ4n) is 3.51. The van der Waals surface area contributed by atoms with Gasteiger partial charge in [0.25, 0.3) is 0 Å². The van der Waals surface area contributed by atoms with E-state index >= 15 is 0 Å². The molecule has 0 aromatic heterocycles. The van der Waals surface area contributed by atoms with Crippen LogP contribution in [0.15, 0.2) is 24.3 Å². The Labute approximate surface area is 131 Å². The molecule has 5 nitrogen and oxygen atoms in total. The first kappa shape index (κ1) is 15.3. The largest absolute Gasteiger partial charge is 0.497 e. The quantitative estimate of drug-likeness (QED) is 0.846. The van der Waals surface area contributed by atoms with E-state index in [2.05, 4.69) is 17.0 Å². The Morgan fingerprint density at radius 1 is 1.27 bits per heavy atom. The maximum absolute atomic E-state index is 11.9. The molecule has 2 aliphatic heterocycles. The van der Waals surface area contributed by atoms with Crippen LogP contribution >= 0.6 is 0 Å². The second-order valence-electron chi connectivity index (χ2n) is 6.54. The molecule has 120 valence electrons. The molecule has 0 N–H and O–H groups in total. The van der Waals surface area contributed by atoms with E-state index in [0.29, 0.717) is 13.0 Å². The number of likely N-dealkylation sites (tertiary alicyclic amines) is 1. The van der Waals surface area contributed by atoms with Gasteiger partial charge in [0.05, 0.1) is 20.3 Å². The fourth-order valence-corrected chi connectivity index (χ4v) is 3.51. The van der Waals surface area contributed by atoms with Gasteiger partial charge in [0, 0.05) is 45.1 Å². The molecule has 1 aromatic rings. The van der Waals surface area contributed by atoms with E-state index in [-0.39, 0.29) is 11.3 Å². The van der Waals surface area contributed by atoms with Crippen molar-refractivity contribution in [1.82, 2.24) is 9.80 Å². The van der Waals surface area contributed by atoms with Crippen LogP contribution in [0.2, 0.25) is 0 Å². The van der Waals surface area contributed by atoms with Crippen LogP contribution in [0.1, 0.15) is 12.0 Å². The Morgan fingerprint density at radius 2 is 2.05 bits per heavy atom. The molecule has 0 bridgehead atoms. The molecule has 0 aliphatic carbocycles. The van der Waals surface area contributed by atoms with Gasteiger partial charge in [-0.1, -0.05) is 12.1 Å². The third-order valence-corrected chi connectivity index (χ3v) is 4.61. The first-order valence-electron chi connectivity index (χ1n) is 7.77. The molecule has 2 saturated heterocycles. The molecule has 1 aromatic carbocycles. The summed E-state index contributed by atoms with van der Waals surface area (Å²) in [6.07, 6.45) is 0.600. The minimum atomic E-state index is -0.0468. The van der Waals surface area contributed by atoms with Gasteiger partial charge in [-0.3, -0.25) is 9.69 Å². The molecule has 0 saturated carbocycles. The van der Waals surface area contributed by atoms with E-state index in [1.807, 2.05) is 24.1 Å². The third-order valence-electron chi connectivity index (χ3n) is 4.61. The van der Waals surface area contributed by atoms with Crippen molar-refractivity contribution in [1.29, 1.82) is 0 Å². The average molecular weight is 304 g/mol. The number of nitrogens with zero attached hydrogens (tertiary/aromatic N) is 2. The average Bonchev–Trinajstić information content (AvgIpc) is 2.67.